The number of benzene rings is 1. The Morgan fingerprint density at radius 3 is 2.86 bits per heavy atom. The van der Waals surface area contributed by atoms with Crippen molar-refractivity contribution < 1.29 is 14.1 Å². The van der Waals surface area contributed by atoms with Crippen molar-refractivity contribution in [1.82, 2.24) is 9.88 Å². The maximum absolute atomic E-state index is 12.4. The fourth-order valence-electron chi connectivity index (χ4n) is 2.32. The number of aromatic nitrogens is 1. The summed E-state index contributed by atoms with van der Waals surface area (Å²) in [5, 5.41) is 11.6. The molecule has 0 saturated carbocycles. The summed E-state index contributed by atoms with van der Waals surface area (Å²) >= 11 is 0. The summed E-state index contributed by atoms with van der Waals surface area (Å²) in [5.74, 6) is 0.403. The van der Waals surface area contributed by atoms with Crippen molar-refractivity contribution in [3.8, 4) is 0 Å². The third kappa shape index (κ3) is 2.44. The van der Waals surface area contributed by atoms with Gasteiger partial charge in [-0.05, 0) is 18.2 Å². The third-order valence-electron chi connectivity index (χ3n) is 3.38. The van der Waals surface area contributed by atoms with Crippen molar-refractivity contribution in [2.75, 3.05) is 7.05 Å². The van der Waals surface area contributed by atoms with E-state index in [1.165, 1.54) is 11.0 Å². The second-order valence-corrected chi connectivity index (χ2v) is 4.92. The second-order valence-electron chi connectivity index (χ2n) is 4.92. The van der Waals surface area contributed by atoms with Crippen molar-refractivity contribution in [3.05, 3.63) is 64.2 Å². The van der Waals surface area contributed by atoms with Gasteiger partial charge in [-0.2, -0.15) is 0 Å². The number of amides is 1. The molecule has 3 rings (SSSR count). The van der Waals surface area contributed by atoms with Gasteiger partial charge in [0.25, 0.3) is 11.6 Å². The number of rotatable bonds is 4. The van der Waals surface area contributed by atoms with Crippen molar-refractivity contribution in [1.29, 1.82) is 0 Å². The summed E-state index contributed by atoms with van der Waals surface area (Å²) < 4.78 is 5.21. The standard InChI is InChI=1S/C15H13N3O4/c1-17(9-11-5-3-7-22-11)15(19)12-8-10-4-2-6-13(18(20)21)14(10)16-12/h2-8,16H,9H2,1H3. The minimum Gasteiger partial charge on any atom is -0.467 e. The van der Waals surface area contributed by atoms with Gasteiger partial charge in [0.05, 0.1) is 17.7 Å². The normalized spacial score (nSPS) is 10.8. The van der Waals surface area contributed by atoms with Crippen LogP contribution in [0, 0.1) is 10.1 Å². The number of carbonyl (C=O) groups is 1. The number of nitrogens with one attached hydrogen (secondary N) is 1. The zero-order valence-electron chi connectivity index (χ0n) is 11.8. The maximum Gasteiger partial charge on any atom is 0.293 e. The van der Waals surface area contributed by atoms with Crippen molar-refractivity contribution in [3.63, 3.8) is 0 Å². The quantitative estimate of drug-likeness (QED) is 0.592. The number of aromatic amines is 1. The number of nitro benzene ring substituents is 1. The number of furan rings is 1. The van der Waals surface area contributed by atoms with Crippen LogP contribution in [0.2, 0.25) is 0 Å². The van der Waals surface area contributed by atoms with E-state index in [1.807, 2.05) is 0 Å². The van der Waals surface area contributed by atoms with Crippen LogP contribution in [-0.4, -0.2) is 27.8 Å². The van der Waals surface area contributed by atoms with Crippen molar-refractivity contribution in [2.24, 2.45) is 0 Å². The summed E-state index contributed by atoms with van der Waals surface area (Å²) in [6.45, 7) is 0.323. The molecular formula is C15H13N3O4. The molecule has 2 heterocycles. The fraction of sp³-hybridized carbons (Fsp3) is 0.133. The molecule has 7 heteroatoms. The summed E-state index contributed by atoms with van der Waals surface area (Å²) in [7, 11) is 1.64. The van der Waals surface area contributed by atoms with Gasteiger partial charge in [0.2, 0.25) is 0 Å². The first-order valence-electron chi connectivity index (χ1n) is 6.60. The summed E-state index contributed by atoms with van der Waals surface area (Å²) in [6, 6.07) is 9.86. The van der Waals surface area contributed by atoms with Crippen LogP contribution >= 0.6 is 0 Å². The number of nitro groups is 1. The van der Waals surface area contributed by atoms with Gasteiger partial charge in [0, 0.05) is 18.5 Å². The lowest BCUT2D eigenvalue weighted by molar-refractivity contribution is -0.383. The molecule has 1 aromatic carbocycles. The highest BCUT2D eigenvalue weighted by Gasteiger charge is 2.19. The van der Waals surface area contributed by atoms with Crippen LogP contribution in [0.25, 0.3) is 10.9 Å². The molecule has 1 amide bonds. The maximum atomic E-state index is 12.4. The molecule has 0 aliphatic heterocycles. The number of H-pyrrole nitrogens is 1. The number of hydrogen-bond donors (Lipinski definition) is 1. The van der Waals surface area contributed by atoms with Crippen molar-refractivity contribution >= 4 is 22.5 Å². The van der Waals surface area contributed by atoms with Gasteiger partial charge in [0.15, 0.2) is 0 Å². The van der Waals surface area contributed by atoms with Gasteiger partial charge >= 0.3 is 0 Å². The Labute approximate surface area is 125 Å². The first-order valence-corrected chi connectivity index (χ1v) is 6.60. The molecule has 0 saturated heterocycles. The predicted molar refractivity (Wildman–Crippen MR) is 79.5 cm³/mol. The fourth-order valence-corrected chi connectivity index (χ4v) is 2.32. The van der Waals surface area contributed by atoms with Crippen LogP contribution in [0.4, 0.5) is 5.69 Å². The van der Waals surface area contributed by atoms with Gasteiger partial charge in [-0.25, -0.2) is 0 Å². The molecule has 3 aromatic rings. The van der Waals surface area contributed by atoms with Gasteiger partial charge < -0.3 is 14.3 Å². The van der Waals surface area contributed by atoms with Crippen LogP contribution < -0.4 is 0 Å². The van der Waals surface area contributed by atoms with Crippen LogP contribution in [-0.2, 0) is 6.54 Å². The topological polar surface area (TPSA) is 92.4 Å². The molecule has 0 aliphatic rings. The summed E-state index contributed by atoms with van der Waals surface area (Å²) in [4.78, 5) is 27.3. The molecule has 22 heavy (non-hydrogen) atoms. The Hall–Kier alpha value is -3.09. The number of hydrogen-bond acceptors (Lipinski definition) is 4. The highest BCUT2D eigenvalue weighted by molar-refractivity contribution is 6.00. The van der Waals surface area contributed by atoms with Crippen LogP contribution in [0.1, 0.15) is 16.2 Å². The lowest BCUT2D eigenvalue weighted by atomic mass is 10.2. The Morgan fingerprint density at radius 1 is 1.36 bits per heavy atom. The molecule has 0 aliphatic carbocycles. The van der Waals surface area contributed by atoms with E-state index < -0.39 is 4.92 Å². The minimum absolute atomic E-state index is 0.0507. The monoisotopic (exact) mass is 299 g/mol. The second kappa shape index (κ2) is 5.36. The SMILES string of the molecule is CN(Cc1ccco1)C(=O)c1cc2cccc([N+](=O)[O-])c2[nH]1. The first kappa shape index (κ1) is 13.9. The average Bonchev–Trinajstić information content (AvgIpc) is 3.14. The zero-order chi connectivity index (χ0) is 15.7. The number of carbonyl (C=O) groups excluding carboxylic acids is 1. The summed E-state index contributed by atoms with van der Waals surface area (Å²) in [5.41, 5.74) is 0.603. The minimum atomic E-state index is -0.473. The largest absolute Gasteiger partial charge is 0.467 e. The molecule has 0 atom stereocenters. The Bertz CT molecular complexity index is 836. The van der Waals surface area contributed by atoms with Gasteiger partial charge in [-0.15, -0.1) is 0 Å². The average molecular weight is 299 g/mol. The molecule has 2 aromatic heterocycles. The van der Waals surface area contributed by atoms with E-state index in [4.69, 9.17) is 4.42 Å². The number of non-ortho nitro benzene ring substituents is 1. The number of nitrogens with zero attached hydrogens (tertiary/aromatic N) is 2. The predicted octanol–water partition coefficient (Wildman–Crippen LogP) is 2.94. The lowest BCUT2D eigenvalue weighted by Gasteiger charge is -2.14. The molecule has 0 radical (unpaired) electrons. The highest BCUT2D eigenvalue weighted by Crippen LogP contribution is 2.25. The van der Waals surface area contributed by atoms with Crippen molar-refractivity contribution in [2.45, 2.75) is 6.54 Å². The highest BCUT2D eigenvalue weighted by atomic mass is 16.6. The van der Waals surface area contributed by atoms with E-state index in [1.54, 1.807) is 43.6 Å². The smallest absolute Gasteiger partial charge is 0.293 e. The molecule has 112 valence electrons. The van der Waals surface area contributed by atoms with Gasteiger partial charge in [0.1, 0.15) is 17.0 Å². The van der Waals surface area contributed by atoms with E-state index in [0.717, 1.165) is 0 Å². The van der Waals surface area contributed by atoms with E-state index in [2.05, 4.69) is 4.98 Å². The first-order chi connectivity index (χ1) is 10.6. The number of fused-ring (bicyclic) bond motifs is 1. The molecule has 0 bridgehead atoms. The Kier molecular flexibility index (Phi) is 3.38. The van der Waals surface area contributed by atoms with E-state index in [0.29, 0.717) is 28.9 Å². The Balaban J connectivity index is 1.91. The molecular weight excluding hydrogens is 286 g/mol. The summed E-state index contributed by atoms with van der Waals surface area (Å²) in [6.07, 6.45) is 1.54. The van der Waals surface area contributed by atoms with Crippen LogP contribution in [0.5, 0.6) is 0 Å². The van der Waals surface area contributed by atoms with E-state index in [9.17, 15) is 14.9 Å². The van der Waals surface area contributed by atoms with Crippen LogP contribution in [0.15, 0.2) is 47.1 Å². The van der Waals surface area contributed by atoms with E-state index in [-0.39, 0.29) is 11.6 Å². The molecule has 0 fully saturated rings. The van der Waals surface area contributed by atoms with Gasteiger partial charge in [-0.3, -0.25) is 14.9 Å². The van der Waals surface area contributed by atoms with Crippen LogP contribution in [0.3, 0.4) is 0 Å². The third-order valence-corrected chi connectivity index (χ3v) is 3.38. The van der Waals surface area contributed by atoms with Gasteiger partial charge in [-0.1, -0.05) is 12.1 Å². The van der Waals surface area contributed by atoms with E-state index >= 15 is 0 Å². The zero-order valence-corrected chi connectivity index (χ0v) is 11.8. The number of para-hydroxylation sites is 1. The lowest BCUT2D eigenvalue weighted by Crippen LogP contribution is -2.26. The Morgan fingerprint density at radius 2 is 2.18 bits per heavy atom. The molecule has 1 N–H and O–H groups in total. The molecule has 0 unspecified atom stereocenters. The molecule has 7 nitrogen and oxygen atoms in total. The molecule has 0 spiro atoms.